The molecule has 0 saturated carbocycles. The van der Waals surface area contributed by atoms with E-state index in [1.807, 2.05) is 0 Å². The first kappa shape index (κ1) is 21.6. The molecule has 0 radical (unpaired) electrons. The highest BCUT2D eigenvalue weighted by atomic mass is 35.5. The summed E-state index contributed by atoms with van der Waals surface area (Å²) in [5, 5.41) is 6.89. The molecule has 0 saturated heterocycles. The maximum absolute atomic E-state index is 12.2. The van der Waals surface area contributed by atoms with E-state index >= 15 is 0 Å². The van der Waals surface area contributed by atoms with Gasteiger partial charge in [-0.25, -0.2) is 10.2 Å². The van der Waals surface area contributed by atoms with Gasteiger partial charge in [0.25, 0.3) is 0 Å². The molecule has 144 valence electrons. The number of carbonyl (C=O) groups excluding carboxylic acids is 2. The van der Waals surface area contributed by atoms with Crippen LogP contribution >= 0.6 is 11.6 Å². The first-order valence-corrected chi connectivity index (χ1v) is 8.17. The zero-order chi connectivity index (χ0) is 19.9. The fourth-order valence-electron chi connectivity index (χ4n) is 1.87. The van der Waals surface area contributed by atoms with Crippen molar-refractivity contribution >= 4 is 35.0 Å². The van der Waals surface area contributed by atoms with E-state index in [0.717, 1.165) is 0 Å². The largest absolute Gasteiger partial charge is 0.495 e. The standard InChI is InChI=1S/C17H24ClN3O5/c1-10(20-21-16(23)26-17(2,3)4)7-15(22)19-12-9-13(24-5)11(18)8-14(12)25-6/h8-9H,7H2,1-6H3,(H,19,22)(H,21,23)/b20-10-. The molecule has 0 aliphatic carbocycles. The summed E-state index contributed by atoms with van der Waals surface area (Å²) >= 11 is 6.03. The van der Waals surface area contributed by atoms with Crippen molar-refractivity contribution in [2.24, 2.45) is 5.10 Å². The molecule has 26 heavy (non-hydrogen) atoms. The molecule has 1 aromatic carbocycles. The molecular formula is C17H24ClN3O5. The van der Waals surface area contributed by atoms with Crippen LogP contribution in [0.2, 0.25) is 5.02 Å². The van der Waals surface area contributed by atoms with Gasteiger partial charge >= 0.3 is 6.09 Å². The van der Waals surface area contributed by atoms with Crippen LogP contribution < -0.4 is 20.2 Å². The maximum Gasteiger partial charge on any atom is 0.428 e. The highest BCUT2D eigenvalue weighted by Crippen LogP contribution is 2.35. The molecule has 2 N–H and O–H groups in total. The quantitative estimate of drug-likeness (QED) is 0.576. The molecule has 1 aromatic rings. The second-order valence-corrected chi connectivity index (χ2v) is 6.78. The zero-order valence-corrected chi connectivity index (χ0v) is 16.5. The smallest absolute Gasteiger partial charge is 0.428 e. The minimum Gasteiger partial charge on any atom is -0.495 e. The number of ether oxygens (including phenoxy) is 3. The van der Waals surface area contributed by atoms with Crippen LogP contribution in [-0.4, -0.2) is 37.5 Å². The van der Waals surface area contributed by atoms with E-state index in [4.69, 9.17) is 25.8 Å². The van der Waals surface area contributed by atoms with Crippen LogP contribution in [-0.2, 0) is 9.53 Å². The summed E-state index contributed by atoms with van der Waals surface area (Å²) in [6, 6.07) is 3.10. The average molecular weight is 386 g/mol. The molecule has 0 unspecified atom stereocenters. The predicted octanol–water partition coefficient (Wildman–Crippen LogP) is 3.59. The van der Waals surface area contributed by atoms with Crippen molar-refractivity contribution in [1.82, 2.24) is 5.43 Å². The Balaban J connectivity index is 2.71. The first-order chi connectivity index (χ1) is 12.1. The van der Waals surface area contributed by atoms with Gasteiger partial charge in [-0.2, -0.15) is 5.10 Å². The van der Waals surface area contributed by atoms with Gasteiger partial charge in [-0.15, -0.1) is 0 Å². The Hall–Kier alpha value is -2.48. The Morgan fingerprint density at radius 2 is 1.77 bits per heavy atom. The van der Waals surface area contributed by atoms with E-state index in [-0.39, 0.29) is 12.3 Å². The number of anilines is 1. The van der Waals surface area contributed by atoms with Crippen molar-refractivity contribution in [1.29, 1.82) is 0 Å². The Bertz CT molecular complexity index is 698. The van der Waals surface area contributed by atoms with Crippen LogP contribution in [0.3, 0.4) is 0 Å². The molecule has 0 fully saturated rings. The monoisotopic (exact) mass is 385 g/mol. The number of rotatable bonds is 6. The molecule has 9 heteroatoms. The third-order valence-corrected chi connectivity index (χ3v) is 3.20. The number of hydrazone groups is 1. The highest BCUT2D eigenvalue weighted by molar-refractivity contribution is 6.32. The Morgan fingerprint density at radius 3 is 2.31 bits per heavy atom. The van der Waals surface area contributed by atoms with Crippen molar-refractivity contribution in [2.75, 3.05) is 19.5 Å². The summed E-state index contributed by atoms with van der Waals surface area (Å²) in [4.78, 5) is 23.7. The van der Waals surface area contributed by atoms with Crippen molar-refractivity contribution in [3.8, 4) is 11.5 Å². The van der Waals surface area contributed by atoms with Crippen molar-refractivity contribution in [3.63, 3.8) is 0 Å². The number of hydrogen-bond acceptors (Lipinski definition) is 6. The number of nitrogens with one attached hydrogen (secondary N) is 2. The third-order valence-electron chi connectivity index (χ3n) is 2.90. The summed E-state index contributed by atoms with van der Waals surface area (Å²) in [6.45, 7) is 6.83. The van der Waals surface area contributed by atoms with E-state index in [2.05, 4.69) is 15.8 Å². The number of nitrogens with zero attached hydrogens (tertiary/aromatic N) is 1. The molecular weight excluding hydrogens is 362 g/mol. The van der Waals surface area contributed by atoms with E-state index in [0.29, 0.717) is 27.9 Å². The minimum absolute atomic E-state index is 0.0378. The third kappa shape index (κ3) is 7.18. The van der Waals surface area contributed by atoms with Gasteiger partial charge in [-0.1, -0.05) is 11.6 Å². The van der Waals surface area contributed by atoms with Gasteiger partial charge in [0.15, 0.2) is 0 Å². The van der Waals surface area contributed by atoms with Gasteiger partial charge in [0.05, 0.1) is 31.4 Å². The zero-order valence-electron chi connectivity index (χ0n) is 15.7. The molecule has 0 aromatic heterocycles. The van der Waals surface area contributed by atoms with Crippen LogP contribution in [0.5, 0.6) is 11.5 Å². The van der Waals surface area contributed by atoms with Gasteiger partial charge in [-0.3, -0.25) is 4.79 Å². The lowest BCUT2D eigenvalue weighted by Gasteiger charge is -2.18. The molecule has 0 heterocycles. The Labute approximate surface area is 157 Å². The summed E-state index contributed by atoms with van der Waals surface area (Å²) in [7, 11) is 2.93. The van der Waals surface area contributed by atoms with Crippen molar-refractivity contribution < 1.29 is 23.8 Å². The van der Waals surface area contributed by atoms with E-state index in [1.54, 1.807) is 39.8 Å². The first-order valence-electron chi connectivity index (χ1n) is 7.79. The van der Waals surface area contributed by atoms with Gasteiger partial charge < -0.3 is 19.5 Å². The van der Waals surface area contributed by atoms with Crippen LogP contribution in [0, 0.1) is 0 Å². The molecule has 1 rings (SSSR count). The predicted molar refractivity (Wildman–Crippen MR) is 100 cm³/mol. The second-order valence-electron chi connectivity index (χ2n) is 6.37. The topological polar surface area (TPSA) is 98.2 Å². The van der Waals surface area contributed by atoms with Crippen LogP contribution in [0.15, 0.2) is 17.2 Å². The van der Waals surface area contributed by atoms with Crippen LogP contribution in [0.25, 0.3) is 0 Å². The second kappa shape index (κ2) is 9.28. The summed E-state index contributed by atoms with van der Waals surface area (Å²) in [6.07, 6.45) is -0.731. The van der Waals surface area contributed by atoms with E-state index in [9.17, 15) is 9.59 Å². The van der Waals surface area contributed by atoms with E-state index in [1.165, 1.54) is 14.2 Å². The SMILES string of the molecule is COc1cc(NC(=O)C/C(C)=N\NC(=O)OC(C)(C)C)c(OC)cc1Cl. The van der Waals surface area contributed by atoms with Gasteiger partial charge in [0.2, 0.25) is 5.91 Å². The number of methoxy groups -OCH3 is 2. The molecule has 0 aliphatic rings. The van der Waals surface area contributed by atoms with Crippen LogP contribution in [0.1, 0.15) is 34.1 Å². The lowest BCUT2D eigenvalue weighted by Crippen LogP contribution is -2.30. The summed E-state index contributed by atoms with van der Waals surface area (Å²) in [5.41, 5.74) is 2.42. The molecule has 8 nitrogen and oxygen atoms in total. The van der Waals surface area contributed by atoms with E-state index < -0.39 is 11.7 Å². The number of carbonyl (C=O) groups is 2. The number of amides is 2. The molecule has 0 aliphatic heterocycles. The Kier molecular flexibility index (Phi) is 7.70. The van der Waals surface area contributed by atoms with Crippen LogP contribution in [0.4, 0.5) is 10.5 Å². The fraction of sp³-hybridized carbons (Fsp3) is 0.471. The maximum atomic E-state index is 12.2. The number of hydrogen-bond donors (Lipinski definition) is 2. The van der Waals surface area contributed by atoms with Gasteiger partial charge in [0.1, 0.15) is 17.1 Å². The normalized spacial score (nSPS) is 11.6. The van der Waals surface area contributed by atoms with Crippen molar-refractivity contribution in [3.05, 3.63) is 17.2 Å². The number of benzene rings is 1. The average Bonchev–Trinajstić information content (AvgIpc) is 2.52. The van der Waals surface area contributed by atoms with Gasteiger partial charge in [-0.05, 0) is 27.7 Å². The molecule has 0 atom stereocenters. The van der Waals surface area contributed by atoms with Crippen molar-refractivity contribution in [2.45, 2.75) is 39.7 Å². The molecule has 0 spiro atoms. The lowest BCUT2D eigenvalue weighted by atomic mass is 10.2. The Morgan fingerprint density at radius 1 is 1.15 bits per heavy atom. The lowest BCUT2D eigenvalue weighted by molar-refractivity contribution is -0.115. The highest BCUT2D eigenvalue weighted by Gasteiger charge is 2.16. The fourth-order valence-corrected chi connectivity index (χ4v) is 2.10. The summed E-state index contributed by atoms with van der Waals surface area (Å²) < 4.78 is 15.4. The molecule has 2 amide bonds. The van der Waals surface area contributed by atoms with Gasteiger partial charge in [0, 0.05) is 17.8 Å². The molecule has 0 bridgehead atoms. The number of halogens is 1. The minimum atomic E-state index is -0.693. The summed E-state index contributed by atoms with van der Waals surface area (Å²) in [5.74, 6) is 0.449.